The Kier molecular flexibility index (Phi) is 4.58. The number of hydrogen-bond acceptors (Lipinski definition) is 1. The van der Waals surface area contributed by atoms with E-state index in [4.69, 9.17) is 5.26 Å². The molecule has 2 rings (SSSR count). The first-order valence-corrected chi connectivity index (χ1v) is 7.29. The second-order valence-corrected chi connectivity index (χ2v) is 6.05. The van der Waals surface area contributed by atoms with E-state index in [1.54, 1.807) is 0 Å². The summed E-state index contributed by atoms with van der Waals surface area (Å²) in [5.74, 6) is 1.32. The quantitative estimate of drug-likeness (QED) is 0.767. The summed E-state index contributed by atoms with van der Waals surface area (Å²) in [4.78, 5) is 0. The van der Waals surface area contributed by atoms with Crippen LogP contribution >= 0.6 is 0 Å². The molecule has 1 aliphatic rings. The summed E-state index contributed by atoms with van der Waals surface area (Å²) in [5, 5.41) is 8.86. The van der Waals surface area contributed by atoms with Crippen LogP contribution in [0.1, 0.15) is 55.7 Å². The van der Waals surface area contributed by atoms with Crippen LogP contribution in [0, 0.1) is 35.9 Å². The third kappa shape index (κ3) is 3.56. The second kappa shape index (κ2) is 6.19. The van der Waals surface area contributed by atoms with Crippen molar-refractivity contribution >= 4 is 0 Å². The normalized spacial score (nSPS) is 23.1. The van der Waals surface area contributed by atoms with Gasteiger partial charge in [0, 0.05) is 0 Å². The molecule has 0 bridgehead atoms. The van der Waals surface area contributed by atoms with Crippen molar-refractivity contribution in [3.63, 3.8) is 0 Å². The highest BCUT2D eigenvalue weighted by Crippen LogP contribution is 2.31. The van der Waals surface area contributed by atoms with Crippen LogP contribution in [-0.4, -0.2) is 0 Å². The van der Waals surface area contributed by atoms with Crippen molar-refractivity contribution < 1.29 is 4.39 Å². The Morgan fingerprint density at radius 3 is 2.53 bits per heavy atom. The Labute approximate surface area is 115 Å². The summed E-state index contributed by atoms with van der Waals surface area (Å²) in [6.07, 6.45) is 7.40. The average molecular weight is 259 g/mol. The lowest BCUT2D eigenvalue weighted by Crippen LogP contribution is -2.13. The van der Waals surface area contributed by atoms with E-state index < -0.39 is 0 Å². The molecule has 0 saturated heterocycles. The van der Waals surface area contributed by atoms with E-state index in [0.29, 0.717) is 0 Å². The van der Waals surface area contributed by atoms with Gasteiger partial charge in [0.05, 0.1) is 5.56 Å². The Balaban J connectivity index is 1.95. The first kappa shape index (κ1) is 14.1. The van der Waals surface area contributed by atoms with E-state index in [9.17, 15) is 4.39 Å². The molecular formula is C17H22FN. The number of aryl methyl sites for hydroxylation is 2. The number of nitrogens with zero attached hydrogens (tertiary/aromatic N) is 1. The van der Waals surface area contributed by atoms with Crippen LogP contribution in [0.3, 0.4) is 0 Å². The molecule has 1 aromatic rings. The SMILES string of the molecule is Cc1cc(CCC2CCC(C)CC2)cc(F)c1C#N. The predicted molar refractivity (Wildman–Crippen MR) is 75.3 cm³/mol. The van der Waals surface area contributed by atoms with Crippen LogP contribution in [0.4, 0.5) is 4.39 Å². The molecule has 0 atom stereocenters. The fourth-order valence-corrected chi connectivity index (χ4v) is 3.09. The molecule has 1 fully saturated rings. The van der Waals surface area contributed by atoms with Gasteiger partial charge in [0.1, 0.15) is 11.9 Å². The van der Waals surface area contributed by atoms with Crippen molar-refractivity contribution in [1.29, 1.82) is 5.26 Å². The number of halogens is 1. The van der Waals surface area contributed by atoms with Gasteiger partial charge in [-0.05, 0) is 48.8 Å². The topological polar surface area (TPSA) is 23.8 Å². The summed E-state index contributed by atoms with van der Waals surface area (Å²) in [6.45, 7) is 4.14. The molecule has 1 aliphatic carbocycles. The van der Waals surface area contributed by atoms with Crippen LogP contribution in [0.25, 0.3) is 0 Å². The number of hydrogen-bond donors (Lipinski definition) is 0. The molecule has 0 spiro atoms. The van der Waals surface area contributed by atoms with E-state index in [1.807, 2.05) is 19.1 Å². The van der Waals surface area contributed by atoms with E-state index >= 15 is 0 Å². The standard InChI is InChI=1S/C17H22FN/c1-12-3-5-14(6-4-12)7-8-15-9-13(2)16(11-19)17(18)10-15/h9-10,12,14H,3-8H2,1-2H3. The Morgan fingerprint density at radius 1 is 1.26 bits per heavy atom. The molecule has 0 amide bonds. The highest BCUT2D eigenvalue weighted by molar-refractivity contribution is 5.40. The molecule has 0 N–H and O–H groups in total. The van der Waals surface area contributed by atoms with Crippen LogP contribution in [0.15, 0.2) is 12.1 Å². The minimum Gasteiger partial charge on any atom is -0.206 e. The molecule has 0 aromatic heterocycles. The number of rotatable bonds is 3. The molecule has 1 nitrogen and oxygen atoms in total. The van der Waals surface area contributed by atoms with Gasteiger partial charge in [0.2, 0.25) is 0 Å². The molecule has 1 aromatic carbocycles. The third-order valence-electron chi connectivity index (χ3n) is 4.44. The van der Waals surface area contributed by atoms with Crippen molar-refractivity contribution in [3.8, 4) is 6.07 Å². The Morgan fingerprint density at radius 2 is 1.95 bits per heavy atom. The molecule has 102 valence electrons. The smallest absolute Gasteiger partial charge is 0.141 e. The maximum absolute atomic E-state index is 13.7. The third-order valence-corrected chi connectivity index (χ3v) is 4.44. The summed E-state index contributed by atoms with van der Waals surface area (Å²) >= 11 is 0. The largest absolute Gasteiger partial charge is 0.206 e. The molecule has 0 unspecified atom stereocenters. The lowest BCUT2D eigenvalue weighted by molar-refractivity contribution is 0.277. The van der Waals surface area contributed by atoms with E-state index in [1.165, 1.54) is 31.7 Å². The second-order valence-electron chi connectivity index (χ2n) is 6.05. The van der Waals surface area contributed by atoms with E-state index in [0.717, 1.165) is 35.8 Å². The van der Waals surface area contributed by atoms with Gasteiger partial charge >= 0.3 is 0 Å². The van der Waals surface area contributed by atoms with Gasteiger partial charge in [-0.2, -0.15) is 5.26 Å². The summed E-state index contributed by atoms with van der Waals surface area (Å²) in [5.41, 5.74) is 1.98. The number of benzene rings is 1. The molecule has 0 heterocycles. The van der Waals surface area contributed by atoms with Crippen LogP contribution < -0.4 is 0 Å². The summed E-state index contributed by atoms with van der Waals surface area (Å²) in [7, 11) is 0. The zero-order valence-corrected chi connectivity index (χ0v) is 11.9. The number of nitriles is 1. The zero-order chi connectivity index (χ0) is 13.8. The highest BCUT2D eigenvalue weighted by Gasteiger charge is 2.18. The lowest BCUT2D eigenvalue weighted by Gasteiger charge is -2.26. The van der Waals surface area contributed by atoms with Gasteiger partial charge in [-0.15, -0.1) is 0 Å². The summed E-state index contributed by atoms with van der Waals surface area (Å²) < 4.78 is 13.7. The molecule has 19 heavy (non-hydrogen) atoms. The molecule has 2 heteroatoms. The zero-order valence-electron chi connectivity index (χ0n) is 11.9. The minimum atomic E-state index is -0.366. The lowest BCUT2D eigenvalue weighted by atomic mass is 9.80. The molecule has 0 radical (unpaired) electrons. The molecule has 1 saturated carbocycles. The minimum absolute atomic E-state index is 0.190. The highest BCUT2D eigenvalue weighted by atomic mass is 19.1. The van der Waals surface area contributed by atoms with Crippen molar-refractivity contribution in [3.05, 3.63) is 34.6 Å². The maximum Gasteiger partial charge on any atom is 0.141 e. The van der Waals surface area contributed by atoms with Crippen molar-refractivity contribution in [2.45, 2.75) is 52.4 Å². The van der Waals surface area contributed by atoms with Gasteiger partial charge < -0.3 is 0 Å². The first-order chi connectivity index (χ1) is 9.10. The fourth-order valence-electron chi connectivity index (χ4n) is 3.09. The Bertz CT molecular complexity index is 456. The monoisotopic (exact) mass is 259 g/mol. The van der Waals surface area contributed by atoms with Gasteiger partial charge in [-0.25, -0.2) is 4.39 Å². The van der Waals surface area contributed by atoms with Gasteiger partial charge in [0.25, 0.3) is 0 Å². The van der Waals surface area contributed by atoms with Crippen molar-refractivity contribution in [2.75, 3.05) is 0 Å². The van der Waals surface area contributed by atoms with E-state index in [-0.39, 0.29) is 11.4 Å². The van der Waals surface area contributed by atoms with Crippen LogP contribution in [0.5, 0.6) is 0 Å². The van der Waals surface area contributed by atoms with Crippen LogP contribution in [-0.2, 0) is 6.42 Å². The fraction of sp³-hybridized carbons (Fsp3) is 0.588. The van der Waals surface area contributed by atoms with Crippen LogP contribution in [0.2, 0.25) is 0 Å². The van der Waals surface area contributed by atoms with Crippen molar-refractivity contribution in [1.82, 2.24) is 0 Å². The van der Waals surface area contributed by atoms with Gasteiger partial charge in [-0.1, -0.05) is 38.7 Å². The molecular weight excluding hydrogens is 237 g/mol. The van der Waals surface area contributed by atoms with E-state index in [2.05, 4.69) is 6.92 Å². The average Bonchev–Trinajstić information content (AvgIpc) is 2.38. The summed E-state index contributed by atoms with van der Waals surface area (Å²) in [6, 6.07) is 5.43. The van der Waals surface area contributed by atoms with Crippen molar-refractivity contribution in [2.24, 2.45) is 11.8 Å². The van der Waals surface area contributed by atoms with Gasteiger partial charge in [-0.3, -0.25) is 0 Å². The first-order valence-electron chi connectivity index (χ1n) is 7.29. The van der Waals surface area contributed by atoms with Gasteiger partial charge in [0.15, 0.2) is 0 Å². The predicted octanol–water partition coefficient (Wildman–Crippen LogP) is 4.76. The maximum atomic E-state index is 13.7. The Hall–Kier alpha value is -1.36. The molecule has 0 aliphatic heterocycles.